The SMILES string of the molecule is BC1(B)Cc2sc(C(=O)OCC)cc2C(B)(B)C1(B)B. The van der Waals surface area contributed by atoms with Crippen molar-refractivity contribution in [2.24, 2.45) is 0 Å². The van der Waals surface area contributed by atoms with E-state index < -0.39 is 0 Å². The van der Waals surface area contributed by atoms with E-state index in [-0.39, 0.29) is 21.6 Å². The first-order valence-corrected chi connectivity index (χ1v) is 8.16. The number of carbonyl (C=O) groups is 1. The molecule has 1 aliphatic rings. The monoisotopic (exact) mass is 282 g/mol. The van der Waals surface area contributed by atoms with Crippen LogP contribution in [-0.2, 0) is 16.4 Å². The van der Waals surface area contributed by atoms with Gasteiger partial charge in [-0.2, -0.15) is 0 Å². The average Bonchev–Trinajstić information content (AvgIpc) is 2.71. The molecule has 0 spiro atoms. The van der Waals surface area contributed by atoms with Gasteiger partial charge in [0.05, 0.1) is 38.0 Å². The van der Waals surface area contributed by atoms with Gasteiger partial charge < -0.3 is 4.74 Å². The first-order chi connectivity index (χ1) is 9.04. The van der Waals surface area contributed by atoms with Gasteiger partial charge in [-0.25, -0.2) is 4.79 Å². The lowest BCUT2D eigenvalue weighted by molar-refractivity contribution is 0.0532. The van der Waals surface area contributed by atoms with Crippen molar-refractivity contribution in [3.05, 3.63) is 21.4 Å². The number of thiophene rings is 1. The van der Waals surface area contributed by atoms with E-state index in [1.807, 2.05) is 6.92 Å². The maximum atomic E-state index is 12.0. The minimum Gasteiger partial charge on any atom is -0.462 e. The second-order valence-electron chi connectivity index (χ2n) is 7.48. The Morgan fingerprint density at radius 1 is 1.30 bits per heavy atom. The zero-order valence-electron chi connectivity index (χ0n) is 13.7. The predicted molar refractivity (Wildman–Crippen MR) is 102 cm³/mol. The fourth-order valence-corrected chi connectivity index (χ4v) is 4.64. The van der Waals surface area contributed by atoms with Crippen molar-refractivity contribution >= 4 is 64.4 Å². The Bertz CT molecular complexity index is 551. The van der Waals surface area contributed by atoms with Crippen molar-refractivity contribution in [1.29, 1.82) is 0 Å². The molecular weight excluding hydrogens is 261 g/mol. The Morgan fingerprint density at radius 3 is 2.45 bits per heavy atom. The molecule has 1 aromatic rings. The van der Waals surface area contributed by atoms with Gasteiger partial charge in [-0.3, -0.25) is 0 Å². The van der Waals surface area contributed by atoms with E-state index in [9.17, 15) is 4.79 Å². The summed E-state index contributed by atoms with van der Waals surface area (Å²) in [5, 5.41) is 0.422. The summed E-state index contributed by atoms with van der Waals surface area (Å²) in [6.07, 6.45) is 1.03. The molecule has 1 aromatic heterocycles. The highest BCUT2D eigenvalue weighted by molar-refractivity contribution is 7.14. The van der Waals surface area contributed by atoms with Gasteiger partial charge in [0.2, 0.25) is 0 Å². The van der Waals surface area contributed by atoms with Gasteiger partial charge >= 0.3 is 5.97 Å². The summed E-state index contributed by atoms with van der Waals surface area (Å²) in [5.41, 5.74) is 1.33. The summed E-state index contributed by atoms with van der Waals surface area (Å²) in [5.74, 6) is -0.182. The van der Waals surface area contributed by atoms with Crippen LogP contribution in [0.15, 0.2) is 6.07 Å². The molecule has 20 heavy (non-hydrogen) atoms. The van der Waals surface area contributed by atoms with Crippen molar-refractivity contribution in [1.82, 2.24) is 0 Å². The van der Waals surface area contributed by atoms with Crippen molar-refractivity contribution in [2.45, 2.75) is 29.0 Å². The number of rotatable bonds is 2. The van der Waals surface area contributed by atoms with E-state index in [1.54, 1.807) is 11.3 Å². The van der Waals surface area contributed by atoms with Crippen LogP contribution >= 0.6 is 11.3 Å². The lowest BCUT2D eigenvalue weighted by Gasteiger charge is -2.57. The predicted octanol–water partition coefficient (Wildman–Crippen LogP) is -3.34. The van der Waals surface area contributed by atoms with E-state index >= 15 is 0 Å². The van der Waals surface area contributed by atoms with Gasteiger partial charge in [0, 0.05) is 4.88 Å². The van der Waals surface area contributed by atoms with Crippen LogP contribution in [0.25, 0.3) is 0 Å². The van der Waals surface area contributed by atoms with Crippen molar-refractivity contribution in [3.8, 4) is 0 Å². The number of hydrogen-bond donors (Lipinski definition) is 0. The minimum atomic E-state index is -0.182. The molecule has 0 bridgehead atoms. The minimum absolute atomic E-state index is 0.0470. The third-order valence-electron chi connectivity index (χ3n) is 5.82. The van der Waals surface area contributed by atoms with Crippen molar-refractivity contribution < 1.29 is 9.53 Å². The molecule has 9 heteroatoms. The van der Waals surface area contributed by atoms with Crippen molar-refractivity contribution in [3.63, 3.8) is 0 Å². The second kappa shape index (κ2) is 4.79. The molecule has 0 aliphatic heterocycles. The van der Waals surface area contributed by atoms with Gasteiger partial charge in [-0.15, -0.1) is 11.3 Å². The van der Waals surface area contributed by atoms with Crippen LogP contribution in [0.2, 0.25) is 10.4 Å². The highest BCUT2D eigenvalue weighted by Crippen LogP contribution is 2.60. The van der Waals surface area contributed by atoms with Crippen LogP contribution < -0.4 is 0 Å². The Morgan fingerprint density at radius 2 is 1.90 bits per heavy atom. The van der Waals surface area contributed by atoms with Crippen molar-refractivity contribution in [2.75, 3.05) is 6.61 Å². The van der Waals surface area contributed by atoms with Gasteiger partial charge in [-0.05, 0) is 25.0 Å². The Kier molecular flexibility index (Phi) is 3.82. The molecular formula is C11H20B6O2S. The number of hydrogen-bond acceptors (Lipinski definition) is 3. The fraction of sp³-hybridized carbons (Fsp3) is 0.545. The van der Waals surface area contributed by atoms with E-state index in [2.05, 4.69) is 53.1 Å². The lowest BCUT2D eigenvalue weighted by atomic mass is 9.15. The smallest absolute Gasteiger partial charge is 0.348 e. The van der Waals surface area contributed by atoms with Crippen LogP contribution in [0.3, 0.4) is 0 Å². The van der Waals surface area contributed by atoms with Crippen LogP contribution in [-0.4, -0.2) is 59.7 Å². The van der Waals surface area contributed by atoms with Gasteiger partial charge in [0.15, 0.2) is 0 Å². The Labute approximate surface area is 131 Å². The highest BCUT2D eigenvalue weighted by Gasteiger charge is 2.52. The molecule has 1 aliphatic carbocycles. The number of carbonyl (C=O) groups excluding carboxylic acids is 1. The summed E-state index contributed by atoms with van der Waals surface area (Å²) in [6, 6.07) is 2.06. The van der Waals surface area contributed by atoms with E-state index in [0.29, 0.717) is 6.61 Å². The zero-order chi connectivity index (χ0) is 15.3. The zero-order valence-corrected chi connectivity index (χ0v) is 14.5. The van der Waals surface area contributed by atoms with Gasteiger partial charge in [0.25, 0.3) is 0 Å². The van der Waals surface area contributed by atoms with E-state index in [4.69, 9.17) is 4.74 Å². The molecule has 0 saturated heterocycles. The molecule has 0 aromatic carbocycles. The largest absolute Gasteiger partial charge is 0.462 e. The topological polar surface area (TPSA) is 26.3 Å². The maximum absolute atomic E-state index is 12.0. The third-order valence-corrected chi connectivity index (χ3v) is 6.93. The second-order valence-corrected chi connectivity index (χ2v) is 8.62. The molecule has 100 valence electrons. The number of ether oxygens (including phenoxy) is 1. The molecule has 2 nitrogen and oxygen atoms in total. The van der Waals surface area contributed by atoms with Crippen LogP contribution in [0.1, 0.15) is 27.0 Å². The summed E-state index contributed by atoms with van der Waals surface area (Å²) in [6.45, 7) is 2.28. The highest BCUT2D eigenvalue weighted by atomic mass is 32.1. The summed E-state index contributed by atoms with van der Waals surface area (Å²) in [4.78, 5) is 14.1. The van der Waals surface area contributed by atoms with Gasteiger partial charge in [0.1, 0.15) is 20.6 Å². The van der Waals surface area contributed by atoms with Crippen LogP contribution in [0.4, 0.5) is 0 Å². The molecule has 0 amide bonds. The average molecular weight is 281 g/mol. The molecule has 0 unspecified atom stereocenters. The molecule has 0 saturated carbocycles. The maximum Gasteiger partial charge on any atom is 0.348 e. The van der Waals surface area contributed by atoms with Gasteiger partial charge in [-0.1, -0.05) is 15.6 Å². The summed E-state index contributed by atoms with van der Waals surface area (Å²) < 4.78 is 5.15. The first kappa shape index (κ1) is 15.9. The first-order valence-electron chi connectivity index (χ1n) is 7.35. The standard InChI is InChI=1S/C11H20B6O2S/c1-2-19-8(18)6-3-5-7(20-6)4-9(12,13)11(16,17)10(5,14)15/h3H,2,4,12-17H2,1H3. The van der Waals surface area contributed by atoms with E-state index in [1.165, 1.54) is 10.4 Å². The molecule has 2 rings (SSSR count). The van der Waals surface area contributed by atoms with Crippen LogP contribution in [0.5, 0.6) is 0 Å². The molecule has 0 fully saturated rings. The molecule has 0 N–H and O–H groups in total. The third kappa shape index (κ3) is 2.13. The number of esters is 1. The summed E-state index contributed by atoms with van der Waals surface area (Å²) in [7, 11) is 14.0. The van der Waals surface area contributed by atoms with E-state index in [0.717, 1.165) is 11.3 Å². The Balaban J connectivity index is 2.53. The lowest BCUT2D eigenvalue weighted by Crippen LogP contribution is -2.54. The number of fused-ring (bicyclic) bond motifs is 1. The normalized spacial score (nSPS) is 21.9. The summed E-state index contributed by atoms with van der Waals surface area (Å²) >= 11 is 1.61. The molecule has 0 radical (unpaired) electrons. The quantitative estimate of drug-likeness (QED) is 0.419. The molecule has 1 heterocycles. The fourth-order valence-electron chi connectivity index (χ4n) is 3.20. The van der Waals surface area contributed by atoms with Crippen LogP contribution in [0, 0.1) is 0 Å². The molecule has 0 atom stereocenters. The Hall–Kier alpha value is -0.440.